The third-order valence-corrected chi connectivity index (χ3v) is 7.45. The van der Waals surface area contributed by atoms with Crippen molar-refractivity contribution in [3.63, 3.8) is 0 Å². The largest absolute Gasteiger partial charge is 0.497 e. The Bertz CT molecular complexity index is 1140. The number of nitrogens with zero attached hydrogens (tertiary/aromatic N) is 1. The maximum absolute atomic E-state index is 13.6. The van der Waals surface area contributed by atoms with Gasteiger partial charge in [-0.25, -0.2) is 4.79 Å². The molecule has 6 nitrogen and oxygen atoms in total. The topological polar surface area (TPSA) is 60.0 Å². The summed E-state index contributed by atoms with van der Waals surface area (Å²) in [7, 11) is 4.85. The van der Waals surface area contributed by atoms with E-state index in [1.807, 2.05) is 35.2 Å². The number of carbonyl (C=O) groups excluding carboxylic acids is 1. The van der Waals surface area contributed by atoms with Gasteiger partial charge in [0.25, 0.3) is 0 Å². The van der Waals surface area contributed by atoms with Crippen LogP contribution in [0.15, 0.2) is 42.5 Å². The maximum Gasteiger partial charge on any atom is 0.322 e. The molecule has 1 atom stereocenters. The van der Waals surface area contributed by atoms with Crippen LogP contribution in [0.25, 0.3) is 0 Å². The number of hydrogen-bond acceptors (Lipinski definition) is 5. The van der Waals surface area contributed by atoms with Gasteiger partial charge in [0.2, 0.25) is 0 Å². The summed E-state index contributed by atoms with van der Waals surface area (Å²) in [5, 5.41) is 3.06. The van der Waals surface area contributed by atoms with E-state index < -0.39 is 0 Å². The molecule has 1 aliphatic heterocycles. The van der Waals surface area contributed by atoms with E-state index in [2.05, 4.69) is 19.2 Å². The third-order valence-electron chi connectivity index (χ3n) is 6.21. The molecule has 0 unspecified atom stereocenters. The van der Waals surface area contributed by atoms with Crippen LogP contribution in [0.2, 0.25) is 0 Å². The fourth-order valence-corrected chi connectivity index (χ4v) is 5.99. The number of carbonyl (C=O) groups is 1. The lowest BCUT2D eigenvalue weighted by molar-refractivity contribution is 0.195. The number of nitrogens with one attached hydrogen (secondary N) is 1. The van der Waals surface area contributed by atoms with Gasteiger partial charge in [0.15, 0.2) is 0 Å². The fourth-order valence-electron chi connectivity index (χ4n) is 4.54. The highest BCUT2D eigenvalue weighted by molar-refractivity contribution is 7.12. The summed E-state index contributed by atoms with van der Waals surface area (Å²) in [5.74, 6) is 2.03. The molecule has 0 fully saturated rings. The molecule has 1 aromatic heterocycles. The number of thiophene rings is 1. The number of rotatable bonds is 6. The van der Waals surface area contributed by atoms with Crippen molar-refractivity contribution in [2.24, 2.45) is 0 Å². The summed E-state index contributed by atoms with van der Waals surface area (Å²) >= 11 is 1.80. The van der Waals surface area contributed by atoms with Crippen LogP contribution in [0.3, 0.4) is 0 Å². The normalized spacial score (nSPS) is 15.1. The molecule has 0 saturated heterocycles. The molecule has 174 valence electrons. The average molecular weight is 467 g/mol. The van der Waals surface area contributed by atoms with Gasteiger partial charge < -0.3 is 24.4 Å². The van der Waals surface area contributed by atoms with Gasteiger partial charge in [0.05, 0.1) is 33.1 Å². The van der Waals surface area contributed by atoms with Crippen LogP contribution in [0.1, 0.15) is 39.4 Å². The highest BCUT2D eigenvalue weighted by Crippen LogP contribution is 2.43. The first-order valence-corrected chi connectivity index (χ1v) is 11.9. The van der Waals surface area contributed by atoms with E-state index in [1.165, 1.54) is 20.9 Å². The molecule has 7 heteroatoms. The molecule has 3 aromatic rings. The van der Waals surface area contributed by atoms with Crippen LogP contribution in [0.4, 0.5) is 10.5 Å². The van der Waals surface area contributed by atoms with Gasteiger partial charge in [-0.1, -0.05) is 19.1 Å². The van der Waals surface area contributed by atoms with Gasteiger partial charge >= 0.3 is 6.03 Å². The van der Waals surface area contributed by atoms with Crippen molar-refractivity contribution in [2.45, 2.75) is 32.7 Å². The number of anilines is 1. The number of methoxy groups -OCH3 is 3. The number of amides is 2. The van der Waals surface area contributed by atoms with Crippen molar-refractivity contribution < 1.29 is 19.0 Å². The summed E-state index contributed by atoms with van der Waals surface area (Å²) in [4.78, 5) is 18.1. The highest BCUT2D eigenvalue weighted by Gasteiger charge is 2.35. The number of ether oxygens (including phenoxy) is 3. The molecule has 0 radical (unpaired) electrons. The summed E-state index contributed by atoms with van der Waals surface area (Å²) in [6.45, 7) is 5.01. The van der Waals surface area contributed by atoms with Crippen LogP contribution in [0.5, 0.6) is 17.2 Å². The molecular formula is C26H30N2O4S. The van der Waals surface area contributed by atoms with Crippen molar-refractivity contribution >= 4 is 23.1 Å². The summed E-state index contributed by atoms with van der Waals surface area (Å²) in [6.07, 6.45) is 1.85. The molecule has 1 N–H and O–H groups in total. The van der Waals surface area contributed by atoms with Crippen LogP contribution < -0.4 is 19.5 Å². The monoisotopic (exact) mass is 466 g/mol. The Morgan fingerprint density at radius 1 is 1.06 bits per heavy atom. The molecule has 33 heavy (non-hydrogen) atoms. The van der Waals surface area contributed by atoms with Gasteiger partial charge in [0.1, 0.15) is 17.2 Å². The minimum atomic E-state index is -0.169. The smallest absolute Gasteiger partial charge is 0.322 e. The molecule has 4 rings (SSSR count). The Kier molecular flexibility index (Phi) is 6.79. The van der Waals surface area contributed by atoms with Crippen LogP contribution in [0, 0.1) is 6.92 Å². The first-order valence-electron chi connectivity index (χ1n) is 11.0. The van der Waals surface area contributed by atoms with Crippen LogP contribution in [-0.2, 0) is 12.8 Å². The first-order chi connectivity index (χ1) is 16.0. The molecule has 2 aromatic carbocycles. The second-order valence-corrected chi connectivity index (χ2v) is 9.20. The van der Waals surface area contributed by atoms with E-state index in [-0.39, 0.29) is 12.1 Å². The van der Waals surface area contributed by atoms with Gasteiger partial charge in [-0.15, -0.1) is 11.3 Å². The Morgan fingerprint density at radius 3 is 2.39 bits per heavy atom. The predicted molar refractivity (Wildman–Crippen MR) is 132 cm³/mol. The van der Waals surface area contributed by atoms with Crippen molar-refractivity contribution in [1.29, 1.82) is 0 Å². The number of hydrogen-bond donors (Lipinski definition) is 1. The maximum atomic E-state index is 13.6. The Labute approximate surface area is 199 Å². The van der Waals surface area contributed by atoms with Gasteiger partial charge in [-0.2, -0.15) is 0 Å². The molecule has 2 amide bonds. The summed E-state index contributed by atoms with van der Waals surface area (Å²) in [5.41, 5.74) is 4.46. The number of benzene rings is 2. The lowest BCUT2D eigenvalue weighted by Gasteiger charge is -2.36. The zero-order chi connectivity index (χ0) is 23.5. The number of urea groups is 1. The highest BCUT2D eigenvalue weighted by atomic mass is 32.1. The predicted octanol–water partition coefficient (Wildman–Crippen LogP) is 5.82. The molecule has 0 bridgehead atoms. The minimum absolute atomic E-state index is 0.166. The zero-order valence-corrected chi connectivity index (χ0v) is 20.5. The van der Waals surface area contributed by atoms with E-state index in [9.17, 15) is 4.79 Å². The quantitative estimate of drug-likeness (QED) is 0.497. The van der Waals surface area contributed by atoms with E-state index in [4.69, 9.17) is 14.2 Å². The van der Waals surface area contributed by atoms with E-state index >= 15 is 0 Å². The van der Waals surface area contributed by atoms with Gasteiger partial charge in [-0.3, -0.25) is 0 Å². The lowest BCUT2D eigenvalue weighted by atomic mass is 9.92. The third kappa shape index (κ3) is 4.37. The van der Waals surface area contributed by atoms with Crippen molar-refractivity contribution in [2.75, 3.05) is 33.2 Å². The minimum Gasteiger partial charge on any atom is -0.497 e. The summed E-state index contributed by atoms with van der Waals surface area (Å²) in [6, 6.07) is 13.0. The Hall–Kier alpha value is -3.19. The van der Waals surface area contributed by atoms with Gasteiger partial charge in [-0.05, 0) is 60.7 Å². The van der Waals surface area contributed by atoms with Crippen molar-refractivity contribution in [3.05, 3.63) is 68.9 Å². The molecule has 0 spiro atoms. The molecular weight excluding hydrogens is 436 g/mol. The van der Waals surface area contributed by atoms with E-state index in [0.717, 1.165) is 24.2 Å². The first kappa shape index (κ1) is 23.0. The van der Waals surface area contributed by atoms with Crippen molar-refractivity contribution in [1.82, 2.24) is 4.90 Å². The van der Waals surface area contributed by atoms with E-state index in [1.54, 1.807) is 44.8 Å². The Balaban J connectivity index is 1.73. The number of fused-ring (bicyclic) bond motifs is 1. The lowest BCUT2D eigenvalue weighted by Crippen LogP contribution is -2.42. The molecule has 2 heterocycles. The second-order valence-electron chi connectivity index (χ2n) is 7.95. The van der Waals surface area contributed by atoms with E-state index in [0.29, 0.717) is 23.7 Å². The molecule has 1 aliphatic rings. The second kappa shape index (κ2) is 9.75. The molecule has 0 saturated carbocycles. The van der Waals surface area contributed by atoms with Crippen LogP contribution >= 0.6 is 11.3 Å². The zero-order valence-electron chi connectivity index (χ0n) is 19.7. The summed E-state index contributed by atoms with van der Waals surface area (Å²) < 4.78 is 16.1. The Morgan fingerprint density at radius 2 is 1.76 bits per heavy atom. The van der Waals surface area contributed by atoms with Crippen molar-refractivity contribution in [3.8, 4) is 17.2 Å². The van der Waals surface area contributed by atoms with Gasteiger partial charge in [0, 0.05) is 22.4 Å². The number of aryl methyl sites for hydroxylation is 1. The molecule has 0 aliphatic carbocycles. The van der Waals surface area contributed by atoms with Crippen LogP contribution in [-0.4, -0.2) is 38.8 Å². The SMILES string of the molecule is CCc1c(C)sc2c1CCN(C(=O)Nc1cc(OC)ccc1OC)[C@H]2c1ccc(OC)cc1. The fraction of sp³-hybridized carbons (Fsp3) is 0.346. The average Bonchev–Trinajstić information content (AvgIpc) is 3.18. The standard InChI is InChI=1S/C26H30N2O4S/c1-6-20-16(2)33-25-21(20)13-14-28(24(25)17-7-9-18(30-3)10-8-17)26(29)27-22-15-19(31-4)11-12-23(22)32-5/h7-12,15,24H,6,13-14H2,1-5H3,(H,27,29)/t24-/m0/s1.